The van der Waals surface area contributed by atoms with E-state index >= 15 is 0 Å². The van der Waals surface area contributed by atoms with Crippen LogP contribution in [0.1, 0.15) is 33.6 Å². The maximum Gasteiger partial charge on any atom is 0.384 e. The fourth-order valence-electron chi connectivity index (χ4n) is 1.70. The fourth-order valence-corrected chi connectivity index (χ4v) is 1.70. The highest BCUT2D eigenvalue weighted by atomic mass is 19.4. The quantitative estimate of drug-likeness (QED) is 0.245. The average molecular weight is 494 g/mol. The Morgan fingerprint density at radius 3 is 1.52 bits per heavy atom. The summed E-state index contributed by atoms with van der Waals surface area (Å²) in [6.45, 7) is 0.886. The van der Waals surface area contributed by atoms with E-state index in [0.717, 1.165) is 13.8 Å². The van der Waals surface area contributed by atoms with E-state index in [1.54, 1.807) is 0 Å². The first kappa shape index (κ1) is 29.5. The normalized spacial score (nSPS) is 15.4. The summed E-state index contributed by atoms with van der Waals surface area (Å²) in [5.74, 6) is -43.1. The number of carbonyl (C=O) groups is 1. The zero-order chi connectivity index (χ0) is 25.5. The van der Waals surface area contributed by atoms with E-state index in [9.17, 15) is 66.3 Å². The van der Waals surface area contributed by atoms with Crippen molar-refractivity contribution in [1.82, 2.24) is 0 Å². The summed E-state index contributed by atoms with van der Waals surface area (Å²) in [6, 6.07) is 0. The van der Waals surface area contributed by atoms with Gasteiger partial charge in [0, 0.05) is 0 Å². The van der Waals surface area contributed by atoms with E-state index in [0.29, 0.717) is 0 Å². The lowest BCUT2D eigenvalue weighted by Gasteiger charge is -2.38. The highest BCUT2D eigenvalue weighted by molar-refractivity contribution is 5.75. The van der Waals surface area contributed by atoms with Crippen molar-refractivity contribution in [1.29, 1.82) is 0 Å². The molecule has 0 aliphatic rings. The molecule has 0 spiro atoms. The molecule has 0 aliphatic heterocycles. The third kappa shape index (κ3) is 5.29. The second-order valence-electron chi connectivity index (χ2n) is 7.18. The van der Waals surface area contributed by atoms with Crippen LogP contribution in [0.15, 0.2) is 0 Å². The Morgan fingerprint density at radius 2 is 1.16 bits per heavy atom. The lowest BCUT2D eigenvalue weighted by molar-refractivity contribution is -0.393. The number of rotatable bonds is 11. The summed E-state index contributed by atoms with van der Waals surface area (Å²) >= 11 is 0. The van der Waals surface area contributed by atoms with Crippen LogP contribution in [0.4, 0.5) is 61.5 Å². The molecule has 0 aromatic carbocycles. The van der Waals surface area contributed by atoms with Crippen molar-refractivity contribution in [3.63, 3.8) is 0 Å². The van der Waals surface area contributed by atoms with Crippen molar-refractivity contribution in [3.05, 3.63) is 0 Å². The third-order valence-electron chi connectivity index (χ3n) is 4.35. The van der Waals surface area contributed by atoms with Crippen molar-refractivity contribution >= 4 is 5.97 Å². The van der Waals surface area contributed by atoms with Crippen molar-refractivity contribution in [2.75, 3.05) is 6.61 Å². The molecule has 2 nitrogen and oxygen atoms in total. The molecule has 0 N–H and O–H groups in total. The highest BCUT2D eigenvalue weighted by Gasteiger charge is 2.84. The van der Waals surface area contributed by atoms with Gasteiger partial charge in [-0.3, -0.25) is 4.79 Å². The van der Waals surface area contributed by atoms with E-state index in [2.05, 4.69) is 4.74 Å². The molecule has 0 bridgehead atoms. The molecule has 0 amide bonds. The first-order chi connectivity index (χ1) is 13.3. The van der Waals surface area contributed by atoms with E-state index in [1.165, 1.54) is 6.92 Å². The molecule has 0 aromatic rings. The van der Waals surface area contributed by atoms with E-state index in [1.807, 2.05) is 0 Å². The van der Waals surface area contributed by atoms with Crippen LogP contribution in [0.3, 0.4) is 0 Å². The highest BCUT2D eigenvalue weighted by Crippen LogP contribution is 2.57. The van der Waals surface area contributed by atoms with Crippen LogP contribution in [0, 0.1) is 5.41 Å². The molecule has 0 saturated carbocycles. The van der Waals surface area contributed by atoms with Gasteiger partial charge in [-0.25, -0.2) is 8.78 Å². The van der Waals surface area contributed by atoms with Crippen molar-refractivity contribution < 1.29 is 71.0 Å². The van der Waals surface area contributed by atoms with E-state index in [-0.39, 0.29) is 6.42 Å². The van der Waals surface area contributed by atoms with Crippen LogP contribution in [0.2, 0.25) is 0 Å². The molecule has 0 rings (SSSR count). The SMILES string of the molecule is CCC(C)(C)C(=O)OCC(F)(F)C(F)(F)CC(F)(F)C(F)(F)C(F)(F)C(F)(F)C(F)F. The molecule has 0 radical (unpaired) electrons. The summed E-state index contributed by atoms with van der Waals surface area (Å²) < 4.78 is 187. The van der Waals surface area contributed by atoms with Gasteiger partial charge in [0.15, 0.2) is 6.61 Å². The van der Waals surface area contributed by atoms with Gasteiger partial charge in [-0.1, -0.05) is 6.92 Å². The number of halogens is 14. The van der Waals surface area contributed by atoms with Gasteiger partial charge < -0.3 is 4.74 Å². The third-order valence-corrected chi connectivity index (χ3v) is 4.35. The van der Waals surface area contributed by atoms with Crippen LogP contribution in [-0.4, -0.2) is 54.5 Å². The van der Waals surface area contributed by atoms with Crippen LogP contribution < -0.4 is 0 Å². The number of hydrogen-bond acceptors (Lipinski definition) is 2. The van der Waals surface area contributed by atoms with Crippen molar-refractivity contribution in [2.45, 2.75) is 75.6 Å². The van der Waals surface area contributed by atoms with Gasteiger partial charge in [0.2, 0.25) is 0 Å². The Balaban J connectivity index is 5.83. The molecule has 0 aromatic heterocycles. The number of hydrogen-bond donors (Lipinski definition) is 0. The van der Waals surface area contributed by atoms with Crippen molar-refractivity contribution in [3.8, 4) is 0 Å². The monoisotopic (exact) mass is 494 g/mol. The minimum atomic E-state index is -7.61. The molecule has 0 heterocycles. The summed E-state index contributed by atoms with van der Waals surface area (Å²) in [5.41, 5.74) is -1.52. The van der Waals surface area contributed by atoms with Crippen LogP contribution >= 0.6 is 0 Å². The van der Waals surface area contributed by atoms with Crippen LogP contribution in [0.25, 0.3) is 0 Å². The molecule has 0 unspecified atom stereocenters. The van der Waals surface area contributed by atoms with Gasteiger partial charge in [0.1, 0.15) is 0 Å². The van der Waals surface area contributed by atoms with E-state index < -0.39 is 66.4 Å². The van der Waals surface area contributed by atoms with E-state index in [4.69, 9.17) is 0 Å². The Labute approximate surface area is 165 Å². The van der Waals surface area contributed by atoms with Gasteiger partial charge in [-0.15, -0.1) is 0 Å². The predicted octanol–water partition coefficient (Wildman–Crippen LogP) is 6.43. The van der Waals surface area contributed by atoms with Gasteiger partial charge in [-0.2, -0.15) is 52.7 Å². The molecule has 0 saturated heterocycles. The number of ether oxygens (including phenoxy) is 1. The molecule has 0 fully saturated rings. The lowest BCUT2D eigenvalue weighted by atomic mass is 9.90. The van der Waals surface area contributed by atoms with Gasteiger partial charge in [0.25, 0.3) is 0 Å². The smallest absolute Gasteiger partial charge is 0.384 e. The molecule has 0 aliphatic carbocycles. The molecule has 0 atom stereocenters. The van der Waals surface area contributed by atoms with Crippen LogP contribution in [-0.2, 0) is 9.53 Å². The number of carbonyl (C=O) groups excluding carboxylic acids is 1. The zero-order valence-electron chi connectivity index (χ0n) is 15.8. The maximum atomic E-state index is 13.6. The zero-order valence-corrected chi connectivity index (χ0v) is 15.8. The van der Waals surface area contributed by atoms with Gasteiger partial charge >= 0.3 is 47.9 Å². The minimum Gasteiger partial charge on any atom is -0.459 e. The van der Waals surface area contributed by atoms with Gasteiger partial charge in [0.05, 0.1) is 11.8 Å². The number of esters is 1. The number of alkyl halides is 14. The first-order valence-electron chi connectivity index (χ1n) is 8.06. The summed E-state index contributed by atoms with van der Waals surface area (Å²) in [4.78, 5) is 11.5. The van der Waals surface area contributed by atoms with Crippen LogP contribution in [0.5, 0.6) is 0 Å². The lowest BCUT2D eigenvalue weighted by Crippen LogP contribution is -2.65. The average Bonchev–Trinajstić information content (AvgIpc) is 2.57. The second kappa shape index (κ2) is 8.45. The second-order valence-corrected chi connectivity index (χ2v) is 7.18. The Kier molecular flexibility index (Phi) is 8.03. The molecular formula is C15H16F14O2. The maximum absolute atomic E-state index is 13.6. The fraction of sp³-hybridized carbons (Fsp3) is 0.933. The molecule has 16 heteroatoms. The summed E-state index contributed by atoms with van der Waals surface area (Å²) in [6.07, 6.45) is -9.87. The largest absolute Gasteiger partial charge is 0.459 e. The van der Waals surface area contributed by atoms with Gasteiger partial charge in [-0.05, 0) is 20.3 Å². The predicted molar refractivity (Wildman–Crippen MR) is 75.3 cm³/mol. The Bertz CT molecular complexity index is 642. The molecule has 186 valence electrons. The Morgan fingerprint density at radius 1 is 0.742 bits per heavy atom. The minimum absolute atomic E-state index is 0.0779. The topological polar surface area (TPSA) is 26.3 Å². The Hall–Kier alpha value is -1.51. The first-order valence-corrected chi connectivity index (χ1v) is 8.06. The molecular weight excluding hydrogens is 478 g/mol. The molecule has 31 heavy (non-hydrogen) atoms. The van der Waals surface area contributed by atoms with Crippen molar-refractivity contribution in [2.24, 2.45) is 5.41 Å². The standard InChI is InChI=1S/C15H16F14O2/c1-4-9(2,3)8(30)31-6-12(22,23)10(18,19)5-11(20,21)14(26,27)15(28,29)13(24,25)7(16)17/h7H,4-6H2,1-3H3. The summed E-state index contributed by atoms with van der Waals surface area (Å²) in [5, 5.41) is 0. The summed E-state index contributed by atoms with van der Waals surface area (Å²) in [7, 11) is 0.